The smallest absolute Gasteiger partial charge is 0.217 e. The predicted molar refractivity (Wildman–Crippen MR) is 89.6 cm³/mol. The number of methoxy groups -OCH3 is 1. The van der Waals surface area contributed by atoms with Crippen LogP contribution >= 0.6 is 0 Å². The van der Waals surface area contributed by atoms with Crippen LogP contribution in [0.15, 0.2) is 12.3 Å². The van der Waals surface area contributed by atoms with E-state index in [1.54, 1.807) is 27.4 Å². The van der Waals surface area contributed by atoms with Gasteiger partial charge in [-0.3, -0.25) is 9.58 Å². The molecule has 1 aliphatic heterocycles. The van der Waals surface area contributed by atoms with Gasteiger partial charge >= 0.3 is 0 Å². The molecule has 8 heteroatoms. The highest BCUT2D eigenvalue weighted by atomic mass is 32.2. The molecule has 132 valence electrons. The number of rotatable bonds is 8. The number of aryl methyl sites for hydroxylation is 1. The molecule has 0 radical (unpaired) electrons. The van der Waals surface area contributed by atoms with Crippen LogP contribution in [-0.4, -0.2) is 73.6 Å². The quantitative estimate of drug-likeness (QED) is 0.652. The van der Waals surface area contributed by atoms with E-state index in [1.807, 2.05) is 10.7 Å². The summed E-state index contributed by atoms with van der Waals surface area (Å²) in [5.74, 6) is 0. The minimum atomic E-state index is -3.19. The minimum absolute atomic E-state index is 0.309. The molecule has 1 aliphatic rings. The van der Waals surface area contributed by atoms with E-state index in [-0.39, 0.29) is 5.25 Å². The number of hydrogen-bond donors (Lipinski definition) is 0. The molecule has 2 rings (SSSR count). The molecule has 0 aliphatic carbocycles. The first-order valence-corrected chi connectivity index (χ1v) is 9.58. The van der Waals surface area contributed by atoms with Crippen molar-refractivity contribution >= 4 is 10.0 Å². The number of piperidine rings is 1. The van der Waals surface area contributed by atoms with Crippen molar-refractivity contribution in [2.75, 3.05) is 40.9 Å². The van der Waals surface area contributed by atoms with Gasteiger partial charge in [-0.25, -0.2) is 12.7 Å². The van der Waals surface area contributed by atoms with Crippen molar-refractivity contribution < 1.29 is 13.2 Å². The monoisotopic (exact) mass is 344 g/mol. The lowest BCUT2D eigenvalue weighted by Gasteiger charge is -2.33. The average molecular weight is 344 g/mol. The van der Waals surface area contributed by atoms with Crippen LogP contribution < -0.4 is 0 Å². The van der Waals surface area contributed by atoms with Gasteiger partial charge in [0.15, 0.2) is 0 Å². The first kappa shape index (κ1) is 18.4. The number of hydrogen-bond acceptors (Lipinski definition) is 5. The first-order chi connectivity index (χ1) is 10.9. The average Bonchev–Trinajstić information content (AvgIpc) is 2.95. The maximum Gasteiger partial charge on any atom is 0.217 e. The highest BCUT2D eigenvalue weighted by Gasteiger charge is 2.32. The van der Waals surface area contributed by atoms with Crippen LogP contribution in [-0.2, 0) is 27.8 Å². The molecule has 1 saturated heterocycles. The highest BCUT2D eigenvalue weighted by molar-refractivity contribution is 7.89. The van der Waals surface area contributed by atoms with Crippen LogP contribution in [0, 0.1) is 0 Å². The maximum absolute atomic E-state index is 12.3. The lowest BCUT2D eigenvalue weighted by molar-refractivity contribution is 0.186. The Labute approximate surface area is 139 Å². The third-order valence-electron chi connectivity index (χ3n) is 4.30. The number of likely N-dealkylation sites (tertiary alicyclic amines) is 1. The van der Waals surface area contributed by atoms with Crippen molar-refractivity contribution in [1.82, 2.24) is 19.0 Å². The molecule has 1 unspecified atom stereocenters. The third kappa shape index (κ3) is 4.76. The summed E-state index contributed by atoms with van der Waals surface area (Å²) < 4.78 is 33.1. The van der Waals surface area contributed by atoms with Crippen LogP contribution in [0.2, 0.25) is 0 Å². The van der Waals surface area contributed by atoms with Crippen LogP contribution in [0.4, 0.5) is 0 Å². The van der Waals surface area contributed by atoms with Gasteiger partial charge in [-0.15, -0.1) is 0 Å². The summed E-state index contributed by atoms with van der Waals surface area (Å²) in [5.41, 5.74) is 1.13. The second-order valence-electron chi connectivity index (χ2n) is 6.22. The van der Waals surface area contributed by atoms with Gasteiger partial charge in [0.1, 0.15) is 0 Å². The zero-order chi connectivity index (χ0) is 16.9. The van der Waals surface area contributed by atoms with Crippen molar-refractivity contribution in [3.8, 4) is 0 Å². The molecule has 0 spiro atoms. The Kier molecular flexibility index (Phi) is 6.58. The summed E-state index contributed by atoms with van der Waals surface area (Å²) in [6, 6.07) is 2.01. The summed E-state index contributed by atoms with van der Waals surface area (Å²) in [6.07, 6.45) is 4.38. The van der Waals surface area contributed by atoms with Gasteiger partial charge < -0.3 is 4.74 Å². The van der Waals surface area contributed by atoms with Crippen molar-refractivity contribution in [2.24, 2.45) is 0 Å². The highest BCUT2D eigenvalue weighted by Crippen LogP contribution is 2.20. The van der Waals surface area contributed by atoms with Gasteiger partial charge in [-0.2, -0.15) is 5.10 Å². The molecule has 1 fully saturated rings. The lowest BCUT2D eigenvalue weighted by atomic mass is 10.1. The molecule has 0 N–H and O–H groups in total. The molecule has 1 aromatic rings. The zero-order valence-corrected chi connectivity index (χ0v) is 15.1. The normalized spacial score (nSPS) is 20.3. The topological polar surface area (TPSA) is 67.7 Å². The minimum Gasteiger partial charge on any atom is -0.385 e. The van der Waals surface area contributed by atoms with Gasteiger partial charge in [0, 0.05) is 53.6 Å². The van der Waals surface area contributed by atoms with Crippen LogP contribution in [0.5, 0.6) is 0 Å². The fourth-order valence-electron chi connectivity index (χ4n) is 2.98. The number of sulfonamides is 1. The Morgan fingerprint density at radius 1 is 1.43 bits per heavy atom. The Morgan fingerprint density at radius 3 is 2.91 bits per heavy atom. The molecule has 0 bridgehead atoms. The van der Waals surface area contributed by atoms with E-state index < -0.39 is 10.0 Å². The molecule has 0 amide bonds. The van der Waals surface area contributed by atoms with Crippen LogP contribution in [0.25, 0.3) is 0 Å². The molecule has 1 aromatic heterocycles. The molecule has 7 nitrogen and oxygen atoms in total. The van der Waals surface area contributed by atoms with E-state index in [9.17, 15) is 8.42 Å². The summed E-state index contributed by atoms with van der Waals surface area (Å²) in [6.45, 7) is 3.80. The molecule has 2 heterocycles. The van der Waals surface area contributed by atoms with E-state index in [0.717, 1.165) is 44.6 Å². The largest absolute Gasteiger partial charge is 0.385 e. The molecule has 0 aromatic carbocycles. The van der Waals surface area contributed by atoms with Crippen molar-refractivity contribution in [1.29, 1.82) is 0 Å². The Bertz CT molecular complexity index is 585. The molecule has 23 heavy (non-hydrogen) atoms. The second-order valence-corrected chi connectivity index (χ2v) is 8.65. The Hall–Kier alpha value is -0.960. The van der Waals surface area contributed by atoms with E-state index in [2.05, 4.69) is 10.00 Å². The lowest BCUT2D eigenvalue weighted by Crippen LogP contribution is -2.45. The number of aromatic nitrogens is 2. The summed E-state index contributed by atoms with van der Waals surface area (Å²) >= 11 is 0. The van der Waals surface area contributed by atoms with Crippen LogP contribution in [0.1, 0.15) is 25.0 Å². The first-order valence-electron chi connectivity index (χ1n) is 8.08. The predicted octanol–water partition coefficient (Wildman–Crippen LogP) is 0.775. The SMILES string of the molecule is COCCCn1nccc1CN1CCCC(S(=O)(=O)N(C)C)C1. The third-order valence-corrected chi connectivity index (χ3v) is 6.55. The summed E-state index contributed by atoms with van der Waals surface area (Å²) in [4.78, 5) is 2.22. The fourth-order valence-corrected chi connectivity index (χ4v) is 4.44. The second kappa shape index (κ2) is 8.23. The molecule has 0 saturated carbocycles. The Morgan fingerprint density at radius 2 is 2.22 bits per heavy atom. The van der Waals surface area contributed by atoms with Gasteiger partial charge in [0.2, 0.25) is 10.0 Å². The summed E-state index contributed by atoms with van der Waals surface area (Å²) in [7, 11) is 1.73. The van der Waals surface area contributed by atoms with Gasteiger partial charge in [0.25, 0.3) is 0 Å². The number of nitrogens with zero attached hydrogens (tertiary/aromatic N) is 4. The molecular weight excluding hydrogens is 316 g/mol. The van der Waals surface area contributed by atoms with Crippen molar-refractivity contribution in [3.63, 3.8) is 0 Å². The summed E-state index contributed by atoms with van der Waals surface area (Å²) in [5, 5.41) is 4.05. The van der Waals surface area contributed by atoms with Crippen molar-refractivity contribution in [3.05, 3.63) is 18.0 Å². The van der Waals surface area contributed by atoms with E-state index in [0.29, 0.717) is 13.2 Å². The molecule has 1 atom stereocenters. The van der Waals surface area contributed by atoms with Gasteiger partial charge in [0.05, 0.1) is 10.9 Å². The maximum atomic E-state index is 12.3. The molecular formula is C15H28N4O3S. The van der Waals surface area contributed by atoms with Crippen LogP contribution in [0.3, 0.4) is 0 Å². The van der Waals surface area contributed by atoms with E-state index >= 15 is 0 Å². The fraction of sp³-hybridized carbons (Fsp3) is 0.800. The Balaban J connectivity index is 1.97. The van der Waals surface area contributed by atoms with Gasteiger partial charge in [-0.1, -0.05) is 0 Å². The number of ether oxygens (including phenoxy) is 1. The van der Waals surface area contributed by atoms with Gasteiger partial charge in [-0.05, 0) is 31.9 Å². The van der Waals surface area contributed by atoms with E-state index in [4.69, 9.17) is 4.74 Å². The van der Waals surface area contributed by atoms with E-state index in [1.165, 1.54) is 4.31 Å². The van der Waals surface area contributed by atoms with Crippen molar-refractivity contribution in [2.45, 2.75) is 37.6 Å². The standard InChI is InChI=1S/C15H28N4O3S/c1-17(2)23(20,21)15-6-4-9-18(13-15)12-14-7-8-16-19(14)10-5-11-22-3/h7-8,15H,4-6,9-13H2,1-3H3. The zero-order valence-electron chi connectivity index (χ0n) is 14.3.